The van der Waals surface area contributed by atoms with E-state index in [4.69, 9.17) is 9.57 Å². The van der Waals surface area contributed by atoms with Gasteiger partial charge in [0.2, 0.25) is 0 Å². The zero-order valence-electron chi connectivity index (χ0n) is 21.7. The summed E-state index contributed by atoms with van der Waals surface area (Å²) in [7, 11) is 1.85. The van der Waals surface area contributed by atoms with Gasteiger partial charge in [0, 0.05) is 11.6 Å². The van der Waals surface area contributed by atoms with Crippen molar-refractivity contribution in [1.82, 2.24) is 10.4 Å². The fraction of sp³-hybridized carbons (Fsp3) is 0.500. The number of rotatable bonds is 9. The minimum atomic E-state index is -0.461. The number of ether oxygens (including phenoxy) is 1. The number of nitrogens with zero attached hydrogens (tertiary/aromatic N) is 1. The van der Waals surface area contributed by atoms with Crippen LogP contribution in [-0.4, -0.2) is 51.9 Å². The van der Waals surface area contributed by atoms with Crippen LogP contribution in [0.25, 0.3) is 0 Å². The third kappa shape index (κ3) is 5.41. The van der Waals surface area contributed by atoms with Crippen molar-refractivity contribution in [1.29, 1.82) is 0 Å². The number of phenolic OH excluding ortho intramolecular Hbond substituents is 1. The zero-order chi connectivity index (χ0) is 26.0. The first-order valence-corrected chi connectivity index (χ1v) is 13.4. The molecule has 194 valence electrons. The predicted molar refractivity (Wildman–Crippen MR) is 141 cm³/mol. The van der Waals surface area contributed by atoms with Crippen molar-refractivity contribution in [3.05, 3.63) is 58.1 Å². The molecule has 0 bridgehead atoms. The monoisotopic (exact) mass is 512 g/mol. The molecule has 8 heteroatoms. The molecule has 0 aromatic heterocycles. The Bertz CT molecular complexity index is 1140. The Hall–Kier alpha value is -2.55. The second-order valence-electron chi connectivity index (χ2n) is 10.1. The predicted octanol–water partition coefficient (Wildman–Crippen LogP) is 5.01. The fourth-order valence-corrected chi connectivity index (χ4v) is 5.89. The fourth-order valence-electron chi connectivity index (χ4n) is 4.94. The number of aromatic hydroxyl groups is 1. The van der Waals surface area contributed by atoms with Crippen LogP contribution in [0.3, 0.4) is 0 Å². The Labute approximate surface area is 217 Å². The van der Waals surface area contributed by atoms with Gasteiger partial charge in [-0.05, 0) is 101 Å². The Morgan fingerprint density at radius 3 is 2.61 bits per heavy atom. The lowest BCUT2D eigenvalue weighted by atomic mass is 9.84. The van der Waals surface area contributed by atoms with Crippen molar-refractivity contribution in [3.63, 3.8) is 0 Å². The number of hydrogen-bond acceptors (Lipinski definition) is 7. The SMILES string of the molecule is CNC(CCC1(C)CCc2c(C)c(O)c(C)c(C)c2O1)CON1C(=O)SC(Cc2ccccc2)C1=O. The number of carbonyl (C=O) groups is 2. The Kier molecular flexibility index (Phi) is 7.97. The number of nitrogens with one attached hydrogen (secondary N) is 1. The number of amides is 2. The van der Waals surface area contributed by atoms with Gasteiger partial charge in [-0.25, -0.2) is 0 Å². The maximum atomic E-state index is 12.8. The highest BCUT2D eigenvalue weighted by Crippen LogP contribution is 2.44. The number of fused-ring (bicyclic) bond motifs is 1. The molecule has 2 aliphatic heterocycles. The van der Waals surface area contributed by atoms with Crippen molar-refractivity contribution in [2.45, 2.75) is 76.7 Å². The first-order valence-electron chi connectivity index (χ1n) is 12.5. The van der Waals surface area contributed by atoms with E-state index >= 15 is 0 Å². The average Bonchev–Trinajstić information content (AvgIpc) is 3.14. The molecule has 3 unspecified atom stereocenters. The van der Waals surface area contributed by atoms with E-state index in [1.807, 2.05) is 58.2 Å². The molecule has 0 spiro atoms. The number of hydrogen-bond donors (Lipinski definition) is 2. The van der Waals surface area contributed by atoms with Gasteiger partial charge < -0.3 is 15.2 Å². The van der Waals surface area contributed by atoms with Crippen molar-refractivity contribution >= 4 is 22.9 Å². The molecule has 0 aliphatic carbocycles. The summed E-state index contributed by atoms with van der Waals surface area (Å²) in [6.45, 7) is 8.20. The van der Waals surface area contributed by atoms with Gasteiger partial charge in [0.1, 0.15) is 17.1 Å². The van der Waals surface area contributed by atoms with Gasteiger partial charge in [-0.15, -0.1) is 5.06 Å². The van der Waals surface area contributed by atoms with Crippen LogP contribution >= 0.6 is 11.8 Å². The van der Waals surface area contributed by atoms with Crippen LogP contribution in [0.4, 0.5) is 4.79 Å². The molecule has 7 nitrogen and oxygen atoms in total. The molecule has 2 aromatic carbocycles. The quantitative estimate of drug-likeness (QED) is 0.488. The minimum Gasteiger partial charge on any atom is -0.507 e. The molecule has 1 fully saturated rings. The van der Waals surface area contributed by atoms with Gasteiger partial charge in [-0.1, -0.05) is 30.3 Å². The summed E-state index contributed by atoms with van der Waals surface area (Å²) in [6.07, 6.45) is 3.74. The van der Waals surface area contributed by atoms with Gasteiger partial charge in [0.25, 0.3) is 5.91 Å². The van der Waals surface area contributed by atoms with E-state index in [9.17, 15) is 14.7 Å². The number of benzene rings is 2. The number of phenols is 1. The van der Waals surface area contributed by atoms with Crippen molar-refractivity contribution in [2.24, 2.45) is 0 Å². The van der Waals surface area contributed by atoms with E-state index in [1.165, 1.54) is 0 Å². The van der Waals surface area contributed by atoms with Gasteiger partial charge in [-0.2, -0.15) is 0 Å². The summed E-state index contributed by atoms with van der Waals surface area (Å²) in [4.78, 5) is 31.0. The highest BCUT2D eigenvalue weighted by atomic mass is 32.2. The highest BCUT2D eigenvalue weighted by Gasteiger charge is 2.41. The molecule has 2 N–H and O–H groups in total. The van der Waals surface area contributed by atoms with Crippen LogP contribution in [-0.2, 0) is 22.5 Å². The van der Waals surface area contributed by atoms with E-state index in [1.54, 1.807) is 0 Å². The molecule has 0 radical (unpaired) electrons. The third-order valence-corrected chi connectivity index (χ3v) is 8.60. The maximum absolute atomic E-state index is 12.8. The second kappa shape index (κ2) is 10.8. The molecular weight excluding hydrogens is 476 g/mol. The molecule has 3 atom stereocenters. The number of hydroxylamine groups is 2. The van der Waals surface area contributed by atoms with E-state index < -0.39 is 5.25 Å². The van der Waals surface area contributed by atoms with E-state index in [-0.39, 0.29) is 29.4 Å². The molecule has 36 heavy (non-hydrogen) atoms. The van der Waals surface area contributed by atoms with Crippen LogP contribution in [0.15, 0.2) is 30.3 Å². The van der Waals surface area contributed by atoms with Crippen LogP contribution in [0.2, 0.25) is 0 Å². The summed E-state index contributed by atoms with van der Waals surface area (Å²) < 4.78 is 6.54. The Balaban J connectivity index is 1.33. The Morgan fingerprint density at radius 2 is 1.92 bits per heavy atom. The van der Waals surface area contributed by atoms with Crippen molar-refractivity contribution in [3.8, 4) is 11.5 Å². The van der Waals surface area contributed by atoms with Crippen LogP contribution in [0, 0.1) is 20.8 Å². The molecule has 0 saturated carbocycles. The van der Waals surface area contributed by atoms with Gasteiger partial charge >= 0.3 is 5.24 Å². The number of imide groups is 1. The van der Waals surface area contributed by atoms with E-state index in [0.717, 1.165) is 76.1 Å². The van der Waals surface area contributed by atoms with E-state index in [0.29, 0.717) is 12.2 Å². The largest absolute Gasteiger partial charge is 0.507 e. The lowest BCUT2D eigenvalue weighted by Crippen LogP contribution is -2.42. The molecule has 2 aromatic rings. The lowest BCUT2D eigenvalue weighted by Gasteiger charge is -2.38. The van der Waals surface area contributed by atoms with Crippen molar-refractivity contribution < 1.29 is 24.3 Å². The topological polar surface area (TPSA) is 88.1 Å². The van der Waals surface area contributed by atoms with Crippen LogP contribution in [0.1, 0.15) is 54.0 Å². The smallest absolute Gasteiger partial charge is 0.313 e. The Morgan fingerprint density at radius 1 is 1.19 bits per heavy atom. The van der Waals surface area contributed by atoms with Crippen LogP contribution in [0.5, 0.6) is 11.5 Å². The zero-order valence-corrected chi connectivity index (χ0v) is 22.5. The molecular formula is C28H36N2O5S. The molecule has 4 rings (SSSR count). The van der Waals surface area contributed by atoms with Gasteiger partial charge in [0.05, 0.1) is 11.9 Å². The summed E-state index contributed by atoms with van der Waals surface area (Å²) in [5, 5.41) is 13.8. The highest BCUT2D eigenvalue weighted by molar-refractivity contribution is 8.15. The van der Waals surface area contributed by atoms with Gasteiger partial charge in [0.15, 0.2) is 0 Å². The number of thioether (sulfide) groups is 1. The average molecular weight is 513 g/mol. The second-order valence-corrected chi connectivity index (χ2v) is 11.3. The summed E-state index contributed by atoms with van der Waals surface area (Å²) in [6, 6.07) is 9.65. The molecule has 2 aliphatic rings. The first kappa shape index (κ1) is 26.5. The van der Waals surface area contributed by atoms with Crippen LogP contribution < -0.4 is 10.1 Å². The lowest BCUT2D eigenvalue weighted by molar-refractivity contribution is -0.165. The van der Waals surface area contributed by atoms with Crippen molar-refractivity contribution in [2.75, 3.05) is 13.7 Å². The normalized spacial score (nSPS) is 22.5. The third-order valence-electron chi connectivity index (χ3n) is 7.58. The minimum absolute atomic E-state index is 0.0463. The molecule has 2 heterocycles. The summed E-state index contributed by atoms with van der Waals surface area (Å²) >= 11 is 1.02. The molecule has 1 saturated heterocycles. The van der Waals surface area contributed by atoms with Gasteiger partial charge in [-0.3, -0.25) is 14.4 Å². The van der Waals surface area contributed by atoms with E-state index in [2.05, 4.69) is 12.2 Å². The summed E-state index contributed by atoms with van der Waals surface area (Å²) in [5.74, 6) is 0.955. The standard InChI is InChI=1S/C28H36N2O5S/c1-17-18(2)25-22(19(3)24(17)31)12-14-28(4,35-25)13-11-21(29-5)16-34-30-26(32)23(36-27(30)33)15-20-9-7-6-8-10-20/h6-10,21,23,29,31H,11-16H2,1-5H3. The number of likely N-dealkylation sites (N-methyl/N-ethyl adjacent to an activating group) is 1. The number of carbonyl (C=O) groups excluding carboxylic acids is 2. The molecule has 2 amide bonds. The maximum Gasteiger partial charge on any atom is 0.313 e. The summed E-state index contributed by atoms with van der Waals surface area (Å²) in [5.41, 5.74) is 4.51. The first-order chi connectivity index (χ1) is 17.1.